The molecule has 0 spiro atoms. The van der Waals surface area contributed by atoms with Gasteiger partial charge in [-0.05, 0) is 18.2 Å². The minimum atomic E-state index is -0.847. The molecule has 2 rings (SSSR count). The lowest BCUT2D eigenvalue weighted by Gasteiger charge is -2.16. The van der Waals surface area contributed by atoms with Crippen molar-refractivity contribution >= 4 is 28.9 Å². The third-order valence-corrected chi connectivity index (χ3v) is 3.89. The fourth-order valence-corrected chi connectivity index (χ4v) is 2.51. The highest BCUT2D eigenvalue weighted by atomic mass is 16.6. The lowest BCUT2D eigenvalue weighted by Crippen LogP contribution is -2.22. The van der Waals surface area contributed by atoms with Crippen LogP contribution in [0.4, 0.5) is 17.1 Å². The van der Waals surface area contributed by atoms with E-state index >= 15 is 0 Å². The molecule has 0 aromatic heterocycles. The maximum atomic E-state index is 12.4. The molecule has 0 saturated heterocycles. The summed E-state index contributed by atoms with van der Waals surface area (Å²) in [5, 5.41) is 13.6. The van der Waals surface area contributed by atoms with E-state index in [9.17, 15) is 19.7 Å². The molecule has 0 aliphatic rings. The van der Waals surface area contributed by atoms with E-state index in [1.165, 1.54) is 26.4 Å². The number of ether oxygens (including phenoxy) is 3. The Morgan fingerprint density at radius 1 is 1.07 bits per heavy atom. The highest BCUT2D eigenvalue weighted by Crippen LogP contribution is 2.29. The van der Waals surface area contributed by atoms with Gasteiger partial charge >= 0.3 is 5.97 Å². The number of nitrogens with zero attached hydrogens (tertiary/aromatic N) is 2. The van der Waals surface area contributed by atoms with Gasteiger partial charge in [0.25, 0.3) is 11.6 Å². The van der Waals surface area contributed by atoms with Gasteiger partial charge in [-0.25, -0.2) is 4.79 Å². The molecule has 2 aromatic rings. The Kier molecular flexibility index (Phi) is 6.96. The van der Waals surface area contributed by atoms with Crippen LogP contribution in [0.2, 0.25) is 0 Å². The second-order valence-electron chi connectivity index (χ2n) is 6.05. The van der Waals surface area contributed by atoms with E-state index in [0.717, 1.165) is 6.07 Å². The first-order valence-electron chi connectivity index (χ1n) is 8.41. The molecule has 2 aromatic carbocycles. The summed E-state index contributed by atoms with van der Waals surface area (Å²) in [5.74, 6) is -0.504. The van der Waals surface area contributed by atoms with Gasteiger partial charge in [-0.2, -0.15) is 0 Å². The molecule has 154 valence electrons. The van der Waals surface area contributed by atoms with E-state index < -0.39 is 23.4 Å². The smallest absolute Gasteiger partial charge is 0.341 e. The number of esters is 1. The molecule has 0 radical (unpaired) electrons. The van der Waals surface area contributed by atoms with Gasteiger partial charge in [0.2, 0.25) is 0 Å². The molecule has 1 N–H and O–H groups in total. The normalized spacial score (nSPS) is 10.1. The van der Waals surface area contributed by atoms with Gasteiger partial charge in [0.1, 0.15) is 0 Å². The Morgan fingerprint density at radius 2 is 1.76 bits per heavy atom. The molecule has 0 unspecified atom stereocenters. The van der Waals surface area contributed by atoms with E-state index in [-0.39, 0.29) is 11.3 Å². The van der Waals surface area contributed by atoms with E-state index in [1.54, 1.807) is 37.2 Å². The van der Waals surface area contributed by atoms with Gasteiger partial charge in [0, 0.05) is 38.0 Å². The Balaban J connectivity index is 2.08. The van der Waals surface area contributed by atoms with Crippen LogP contribution in [0.15, 0.2) is 36.4 Å². The fourth-order valence-electron chi connectivity index (χ4n) is 2.51. The van der Waals surface area contributed by atoms with E-state index in [1.807, 2.05) is 0 Å². The number of nitro benzene ring substituents is 1. The van der Waals surface area contributed by atoms with Gasteiger partial charge in [-0.15, -0.1) is 0 Å². The van der Waals surface area contributed by atoms with Crippen molar-refractivity contribution in [2.75, 3.05) is 45.1 Å². The highest BCUT2D eigenvalue weighted by molar-refractivity contribution is 5.99. The standard InChI is InChI=1S/C19H21N3O7/c1-21(2)15-7-6-13(22(25)26)10-14(15)19(24)29-11-18(23)20-12-5-8-16(27-3)17(9-12)28-4/h5-10H,11H2,1-4H3,(H,20,23). The number of nitro groups is 1. The first kappa shape index (κ1) is 21.5. The topological polar surface area (TPSA) is 120 Å². The summed E-state index contributed by atoms with van der Waals surface area (Å²) in [7, 11) is 6.32. The predicted octanol–water partition coefficient (Wildman–Crippen LogP) is 2.47. The number of anilines is 2. The van der Waals surface area contributed by atoms with Gasteiger partial charge < -0.3 is 24.4 Å². The summed E-state index contributed by atoms with van der Waals surface area (Å²) >= 11 is 0. The van der Waals surface area contributed by atoms with Crippen LogP contribution in [-0.2, 0) is 9.53 Å². The molecule has 0 atom stereocenters. The predicted molar refractivity (Wildman–Crippen MR) is 106 cm³/mol. The van der Waals surface area contributed by atoms with Gasteiger partial charge in [-0.3, -0.25) is 14.9 Å². The fraction of sp³-hybridized carbons (Fsp3) is 0.263. The molecule has 1 amide bonds. The van der Waals surface area contributed by atoms with Crippen LogP contribution in [0.3, 0.4) is 0 Å². The van der Waals surface area contributed by atoms with Crippen LogP contribution in [0, 0.1) is 10.1 Å². The Bertz CT molecular complexity index is 928. The van der Waals surface area contributed by atoms with Crippen LogP contribution in [0.5, 0.6) is 11.5 Å². The zero-order valence-corrected chi connectivity index (χ0v) is 16.4. The molecule has 0 bridgehead atoms. The molecular formula is C19H21N3O7. The van der Waals surface area contributed by atoms with Crippen molar-refractivity contribution in [2.24, 2.45) is 0 Å². The summed E-state index contributed by atoms with van der Waals surface area (Å²) in [4.78, 5) is 36.5. The third kappa shape index (κ3) is 5.34. The van der Waals surface area contributed by atoms with Crippen LogP contribution < -0.4 is 19.7 Å². The number of carbonyl (C=O) groups excluding carboxylic acids is 2. The summed E-state index contributed by atoms with van der Waals surface area (Å²) in [6, 6.07) is 8.63. The van der Waals surface area contributed by atoms with Crippen LogP contribution in [-0.4, -0.2) is 51.7 Å². The highest BCUT2D eigenvalue weighted by Gasteiger charge is 2.20. The Hall–Kier alpha value is -3.82. The van der Waals surface area contributed by atoms with Crippen molar-refractivity contribution in [3.63, 3.8) is 0 Å². The maximum Gasteiger partial charge on any atom is 0.341 e. The second-order valence-corrected chi connectivity index (χ2v) is 6.05. The zero-order valence-electron chi connectivity index (χ0n) is 16.4. The minimum Gasteiger partial charge on any atom is -0.493 e. The van der Waals surface area contributed by atoms with Crippen molar-refractivity contribution in [3.05, 3.63) is 52.1 Å². The number of hydrogen-bond acceptors (Lipinski definition) is 8. The van der Waals surface area contributed by atoms with Crippen molar-refractivity contribution in [3.8, 4) is 11.5 Å². The number of non-ortho nitro benzene ring substituents is 1. The van der Waals surface area contributed by atoms with E-state index in [2.05, 4.69) is 5.32 Å². The summed E-state index contributed by atoms with van der Waals surface area (Å²) < 4.78 is 15.3. The number of benzene rings is 2. The van der Waals surface area contributed by atoms with Crippen LogP contribution >= 0.6 is 0 Å². The third-order valence-electron chi connectivity index (χ3n) is 3.89. The van der Waals surface area contributed by atoms with Crippen molar-refractivity contribution in [2.45, 2.75) is 0 Å². The molecule has 0 fully saturated rings. The average Bonchev–Trinajstić information content (AvgIpc) is 2.71. The van der Waals surface area contributed by atoms with E-state index in [4.69, 9.17) is 14.2 Å². The largest absolute Gasteiger partial charge is 0.493 e. The lowest BCUT2D eigenvalue weighted by atomic mass is 10.1. The number of hydrogen-bond donors (Lipinski definition) is 1. The first-order chi connectivity index (χ1) is 13.8. The van der Waals surface area contributed by atoms with Crippen LogP contribution in [0.25, 0.3) is 0 Å². The molecule has 0 aliphatic carbocycles. The molecule has 10 heteroatoms. The number of methoxy groups -OCH3 is 2. The number of rotatable bonds is 8. The van der Waals surface area contributed by atoms with Gasteiger partial charge in [0.15, 0.2) is 18.1 Å². The van der Waals surface area contributed by atoms with Gasteiger partial charge in [-0.1, -0.05) is 0 Å². The van der Waals surface area contributed by atoms with Crippen LogP contribution in [0.1, 0.15) is 10.4 Å². The Morgan fingerprint density at radius 3 is 2.34 bits per heavy atom. The van der Waals surface area contributed by atoms with E-state index in [0.29, 0.717) is 22.9 Å². The maximum absolute atomic E-state index is 12.4. The van der Waals surface area contributed by atoms with Gasteiger partial charge in [0.05, 0.1) is 30.4 Å². The molecule has 29 heavy (non-hydrogen) atoms. The quantitative estimate of drug-likeness (QED) is 0.405. The van der Waals surface area contributed by atoms with Crippen molar-refractivity contribution in [1.29, 1.82) is 0 Å². The summed E-state index contributed by atoms with van der Waals surface area (Å²) in [6.07, 6.45) is 0. The number of carbonyl (C=O) groups is 2. The summed E-state index contributed by atoms with van der Waals surface area (Å²) in [6.45, 7) is -0.567. The second kappa shape index (κ2) is 9.40. The SMILES string of the molecule is COc1ccc(NC(=O)COC(=O)c2cc([N+](=O)[O-])ccc2N(C)C)cc1OC. The molecule has 0 aliphatic heterocycles. The average molecular weight is 403 g/mol. The monoisotopic (exact) mass is 403 g/mol. The van der Waals surface area contributed by atoms with Crippen molar-refractivity contribution < 1.29 is 28.7 Å². The van der Waals surface area contributed by atoms with Crippen molar-refractivity contribution in [1.82, 2.24) is 0 Å². The zero-order chi connectivity index (χ0) is 21.6. The number of amides is 1. The Labute approximate surface area is 167 Å². The molecule has 10 nitrogen and oxygen atoms in total. The summed E-state index contributed by atoms with van der Waals surface area (Å²) in [5.41, 5.74) is 0.592. The molecule has 0 saturated carbocycles. The minimum absolute atomic E-state index is 0.0110. The first-order valence-corrected chi connectivity index (χ1v) is 8.41. The molecular weight excluding hydrogens is 382 g/mol. The lowest BCUT2D eigenvalue weighted by molar-refractivity contribution is -0.384. The molecule has 0 heterocycles. The number of nitrogens with one attached hydrogen (secondary N) is 1.